The van der Waals surface area contributed by atoms with Crippen molar-refractivity contribution in [2.75, 3.05) is 4.81 Å². The molecule has 0 spiro atoms. The van der Waals surface area contributed by atoms with E-state index in [1.165, 1.54) is 0 Å². The van der Waals surface area contributed by atoms with Crippen LogP contribution in [0.2, 0.25) is 0 Å². The molecule has 51 heavy (non-hydrogen) atoms. The lowest BCUT2D eigenvalue weighted by Gasteiger charge is -2.38. The van der Waals surface area contributed by atoms with Gasteiger partial charge in [-0.1, -0.05) is 163 Å². The van der Waals surface area contributed by atoms with E-state index >= 15 is 0 Å². The fourth-order valence-electron chi connectivity index (χ4n) is 8.24. The molecule has 0 fully saturated rings. The Hall–Kier alpha value is -6.72. The van der Waals surface area contributed by atoms with Gasteiger partial charge in [-0.2, -0.15) is 0 Å². The van der Waals surface area contributed by atoms with Crippen molar-refractivity contribution in [3.63, 3.8) is 0 Å². The van der Waals surface area contributed by atoms with Gasteiger partial charge in [-0.3, -0.25) is 0 Å². The molecule has 8 aromatic carbocycles. The summed E-state index contributed by atoms with van der Waals surface area (Å²) in [6, 6.07) is 56.8. The molecule has 236 valence electrons. The predicted octanol–water partition coefficient (Wildman–Crippen LogP) is 10.4. The molecule has 2 aromatic heterocycles. The lowest BCUT2D eigenvalue weighted by Crippen LogP contribution is -2.58. The normalized spacial score (nSPS) is 12.9. The van der Waals surface area contributed by atoms with Crippen LogP contribution in [0.4, 0.5) is 11.6 Å². The topological polar surface area (TPSA) is 42.2 Å². The van der Waals surface area contributed by atoms with Crippen molar-refractivity contribution < 1.29 is 5.79 Å². The predicted molar refractivity (Wildman–Crippen MR) is 213 cm³/mol. The number of nitrogens with zero attached hydrogens (tertiary/aromatic N) is 3. The summed E-state index contributed by atoms with van der Waals surface area (Å²) in [7, 11) is 0. The number of rotatable bonds is 3. The van der Waals surface area contributed by atoms with Gasteiger partial charge in [-0.15, -0.1) is 0 Å². The Balaban J connectivity index is 1.39. The molecule has 0 unspecified atom stereocenters. The van der Waals surface area contributed by atoms with E-state index in [9.17, 15) is 1.37 Å². The molecule has 5 heteroatoms. The maximum absolute atomic E-state index is 9.78. The zero-order valence-corrected chi connectivity index (χ0v) is 27.4. The zero-order chi connectivity index (χ0) is 34.3. The summed E-state index contributed by atoms with van der Waals surface area (Å²) in [5, 5.41) is 7.41. The largest absolute Gasteiger partial charge is 0.454 e. The van der Waals surface area contributed by atoms with Crippen LogP contribution in [0, 0.1) is 0 Å². The zero-order valence-electron chi connectivity index (χ0n) is 28.4. The third kappa shape index (κ3) is 4.09. The van der Waals surface area contributed by atoms with Gasteiger partial charge in [0.2, 0.25) is 5.95 Å². The maximum Gasteiger partial charge on any atom is 0.332 e. The average molecular weight is 651 g/mol. The summed E-state index contributed by atoms with van der Waals surface area (Å²) in [6.07, 6.45) is 0. The van der Waals surface area contributed by atoms with Crippen molar-refractivity contribution >= 4 is 83.8 Å². The first-order valence-corrected chi connectivity index (χ1v) is 17.3. The molecule has 4 nitrogen and oxygen atoms in total. The molecule has 10 aromatic rings. The van der Waals surface area contributed by atoms with Gasteiger partial charge in [0.15, 0.2) is 5.58 Å². The Labute approximate surface area is 295 Å². The van der Waals surface area contributed by atoms with E-state index < -0.39 is 6.85 Å². The van der Waals surface area contributed by atoms with Crippen molar-refractivity contribution in [1.29, 1.82) is 0 Å². The van der Waals surface area contributed by atoms with Crippen LogP contribution in [0.15, 0.2) is 174 Å². The van der Waals surface area contributed by atoms with Gasteiger partial charge >= 0.3 is 6.85 Å². The van der Waals surface area contributed by atoms with Gasteiger partial charge in [0.1, 0.15) is 5.58 Å². The molecule has 0 saturated carbocycles. The minimum atomic E-state index is -0.442. The highest BCUT2D eigenvalue weighted by atomic mass is 16.3. The van der Waals surface area contributed by atoms with Gasteiger partial charge in [0, 0.05) is 27.3 Å². The van der Waals surface area contributed by atoms with Crippen molar-refractivity contribution in [3.05, 3.63) is 170 Å². The number of hydrogen-bond donors (Lipinski definition) is 0. The second-order valence-electron chi connectivity index (χ2n) is 13.2. The van der Waals surface area contributed by atoms with E-state index in [0.717, 1.165) is 93.4 Å². The molecule has 1 aliphatic rings. The number of fused-ring (bicyclic) bond motifs is 13. The molecule has 0 aliphatic carbocycles. The monoisotopic (exact) mass is 650 g/mol. The van der Waals surface area contributed by atoms with Crippen LogP contribution in [0.3, 0.4) is 0 Å². The third-order valence-electron chi connectivity index (χ3n) is 10.4. The first-order chi connectivity index (χ1) is 25.7. The summed E-state index contributed by atoms with van der Waals surface area (Å²) in [4.78, 5) is 13.1. The summed E-state index contributed by atoms with van der Waals surface area (Å²) >= 11 is 0. The van der Waals surface area contributed by atoms with Gasteiger partial charge in [0.05, 0.1) is 18.3 Å². The number of aromatic nitrogens is 2. The molecule has 11 rings (SSSR count). The molecule has 0 radical (unpaired) electrons. The van der Waals surface area contributed by atoms with E-state index in [4.69, 9.17) is 14.4 Å². The van der Waals surface area contributed by atoms with Crippen molar-refractivity contribution in [2.24, 2.45) is 0 Å². The van der Waals surface area contributed by atoms with E-state index in [2.05, 4.69) is 108 Å². The fourth-order valence-corrected chi connectivity index (χ4v) is 8.24. The Kier molecular flexibility index (Phi) is 5.80. The van der Waals surface area contributed by atoms with Crippen LogP contribution in [-0.4, -0.2) is 16.8 Å². The number of hydrogen-bond acceptors (Lipinski definition) is 4. The average Bonchev–Trinajstić information content (AvgIpc) is 3.60. The van der Waals surface area contributed by atoms with Crippen LogP contribution in [0.25, 0.3) is 76.8 Å². The van der Waals surface area contributed by atoms with Gasteiger partial charge in [-0.05, 0) is 44.7 Å². The third-order valence-corrected chi connectivity index (χ3v) is 10.4. The molecule has 0 amide bonds. The summed E-state index contributed by atoms with van der Waals surface area (Å²) in [5.41, 5.74) is 9.22. The lowest BCUT2D eigenvalue weighted by molar-refractivity contribution is 0.669. The van der Waals surface area contributed by atoms with Crippen LogP contribution in [0.1, 0.15) is 1.37 Å². The Morgan fingerprint density at radius 2 is 1.20 bits per heavy atom. The first kappa shape index (κ1) is 27.1. The molecular weight excluding hydrogens is 621 g/mol. The van der Waals surface area contributed by atoms with Crippen LogP contribution in [0.5, 0.6) is 0 Å². The van der Waals surface area contributed by atoms with Crippen molar-refractivity contribution in [2.45, 2.75) is 0 Å². The second kappa shape index (κ2) is 10.9. The highest BCUT2D eigenvalue weighted by Gasteiger charge is 2.42. The number of furan rings is 1. The smallest absolute Gasteiger partial charge is 0.332 e. The molecule has 3 heterocycles. The number of anilines is 2. The maximum atomic E-state index is 9.78. The number of benzene rings is 8. The van der Waals surface area contributed by atoms with E-state index in [1.54, 1.807) is 0 Å². The SMILES string of the molecule is [2H]c1cc2ccccc2c2c1B(c1ccccc1)N(c1nc(-c3ccccc3)c3ccccc3n1)c1c-2c2ccccc2c2c1oc1ccccc12. The Bertz CT molecular complexity index is 3050. The lowest BCUT2D eigenvalue weighted by atomic mass is 9.45. The second-order valence-corrected chi connectivity index (χ2v) is 13.2. The van der Waals surface area contributed by atoms with Gasteiger partial charge in [0.25, 0.3) is 0 Å². The fraction of sp³-hybridized carbons (Fsp3) is 0. The summed E-state index contributed by atoms with van der Waals surface area (Å²) < 4.78 is 16.8. The van der Waals surface area contributed by atoms with Crippen molar-refractivity contribution in [3.8, 4) is 22.4 Å². The highest BCUT2D eigenvalue weighted by Crippen LogP contribution is 2.52. The van der Waals surface area contributed by atoms with Crippen LogP contribution >= 0.6 is 0 Å². The van der Waals surface area contributed by atoms with Crippen LogP contribution in [-0.2, 0) is 0 Å². The van der Waals surface area contributed by atoms with Crippen LogP contribution < -0.4 is 15.7 Å². The van der Waals surface area contributed by atoms with Crippen molar-refractivity contribution in [1.82, 2.24) is 9.97 Å². The molecule has 0 N–H and O–H groups in total. The summed E-state index contributed by atoms with van der Waals surface area (Å²) in [5.74, 6) is 0.544. The minimum Gasteiger partial charge on any atom is -0.454 e. The molecular formula is C46H28BN3O. The standard InChI is InChI=1S/C46H28BN3O/c1-3-16-30(17-4-1)43-35-23-11-13-25-38(35)48-46(49-43)50-44-42(34-22-10-9-21-33(34)40-36-24-12-14-26-39(36)51-45(40)44)41-32-20-8-7-15-29(32)27-28-37(41)47(50)31-18-5-2-6-19-31/h1-28H/i28D. The van der Waals surface area contributed by atoms with Gasteiger partial charge < -0.3 is 9.23 Å². The molecule has 1 aliphatic heterocycles. The Morgan fingerprint density at radius 3 is 2.02 bits per heavy atom. The number of para-hydroxylation sites is 2. The minimum absolute atomic E-state index is 0.442. The van der Waals surface area contributed by atoms with E-state index in [0.29, 0.717) is 12.0 Å². The van der Waals surface area contributed by atoms with E-state index in [-0.39, 0.29) is 0 Å². The molecule has 0 atom stereocenters. The van der Waals surface area contributed by atoms with E-state index in [1.807, 2.05) is 60.7 Å². The molecule has 0 bridgehead atoms. The summed E-state index contributed by atoms with van der Waals surface area (Å²) in [6.45, 7) is -0.442. The molecule has 0 saturated heterocycles. The quantitative estimate of drug-likeness (QED) is 0.179. The van der Waals surface area contributed by atoms with Gasteiger partial charge in [-0.25, -0.2) is 9.97 Å². The highest BCUT2D eigenvalue weighted by molar-refractivity contribution is 6.91. The first-order valence-electron chi connectivity index (χ1n) is 17.8. The Morgan fingerprint density at radius 1 is 0.549 bits per heavy atom.